The van der Waals surface area contributed by atoms with Gasteiger partial charge >= 0.3 is 0 Å². The van der Waals surface area contributed by atoms with Gasteiger partial charge in [-0.2, -0.15) is 0 Å². The number of carboxylic acid groups (broad SMARTS) is 1. The van der Waals surface area contributed by atoms with Gasteiger partial charge in [-0.15, -0.1) is 0 Å². The summed E-state index contributed by atoms with van der Waals surface area (Å²) >= 11 is 6.26. The molecule has 0 bridgehead atoms. The average molecular weight is 240 g/mol. The number of hydrogen-bond acceptors (Lipinski definition) is 2. The number of halogens is 1. The molecule has 0 heterocycles. The van der Waals surface area contributed by atoms with Gasteiger partial charge in [0.05, 0.1) is 0 Å². The molecule has 0 amide bonds. The quantitative estimate of drug-likeness (QED) is 0.812. The van der Waals surface area contributed by atoms with Crippen molar-refractivity contribution in [2.24, 2.45) is 0 Å². The van der Waals surface area contributed by atoms with Gasteiger partial charge in [-0.1, -0.05) is 50.6 Å². The summed E-state index contributed by atoms with van der Waals surface area (Å²) in [4.78, 5) is 10.4. The zero-order chi connectivity index (χ0) is 12.3. The molecule has 0 saturated heterocycles. The molecule has 0 aliphatic rings. The molecule has 0 unspecified atom stereocenters. The Morgan fingerprint density at radius 1 is 1.38 bits per heavy atom. The Labute approximate surface area is 101 Å². The van der Waals surface area contributed by atoms with E-state index in [1.807, 2.05) is 18.2 Å². The van der Waals surface area contributed by atoms with E-state index in [4.69, 9.17) is 11.6 Å². The molecule has 1 aromatic carbocycles. The Hall–Kier alpha value is -1.02. The number of aryl methyl sites for hydroxylation is 1. The minimum atomic E-state index is -1.04. The van der Waals surface area contributed by atoms with Crippen molar-refractivity contribution >= 4 is 17.6 Å². The van der Waals surface area contributed by atoms with Gasteiger partial charge in [0, 0.05) is 11.0 Å². The number of carboxylic acids is 1. The smallest absolute Gasteiger partial charge is 0.0475 e. The first-order valence-electron chi connectivity index (χ1n) is 5.30. The van der Waals surface area contributed by atoms with Gasteiger partial charge in [0.15, 0.2) is 0 Å². The van der Waals surface area contributed by atoms with Crippen LogP contribution >= 0.6 is 11.6 Å². The van der Waals surface area contributed by atoms with E-state index in [2.05, 4.69) is 20.8 Å². The molecule has 0 aromatic heterocycles. The lowest BCUT2D eigenvalue weighted by molar-refractivity contribution is -0.305. The van der Waals surface area contributed by atoms with E-state index in [-0.39, 0.29) is 11.8 Å². The second-order valence-electron chi connectivity index (χ2n) is 4.90. The highest BCUT2D eigenvalue weighted by Gasteiger charge is 2.18. The van der Waals surface area contributed by atoms with E-state index in [0.29, 0.717) is 11.4 Å². The molecule has 1 rings (SSSR count). The number of hydrogen-bond donors (Lipinski definition) is 0. The number of benzene rings is 1. The Balaban J connectivity index is 3.00. The monoisotopic (exact) mass is 239 g/mol. The lowest BCUT2D eigenvalue weighted by atomic mass is 9.85. The van der Waals surface area contributed by atoms with Crippen LogP contribution in [0.1, 0.15) is 38.3 Å². The largest absolute Gasteiger partial charge is 0.550 e. The van der Waals surface area contributed by atoms with Crippen molar-refractivity contribution in [3.63, 3.8) is 0 Å². The first-order chi connectivity index (χ1) is 7.32. The Bertz CT molecular complexity index is 391. The van der Waals surface area contributed by atoms with Crippen molar-refractivity contribution in [1.29, 1.82) is 0 Å². The second kappa shape index (κ2) is 4.88. The number of carbonyl (C=O) groups excluding carboxylic acids is 1. The molecule has 0 N–H and O–H groups in total. The maximum Gasteiger partial charge on any atom is 0.0475 e. The van der Waals surface area contributed by atoms with Crippen LogP contribution in [0.15, 0.2) is 18.2 Å². The molecule has 0 saturated carbocycles. The summed E-state index contributed by atoms with van der Waals surface area (Å²) in [5, 5.41) is 11.1. The van der Waals surface area contributed by atoms with Crippen molar-refractivity contribution in [2.75, 3.05) is 0 Å². The molecular weight excluding hydrogens is 224 g/mol. The Morgan fingerprint density at radius 3 is 2.50 bits per heavy atom. The minimum Gasteiger partial charge on any atom is -0.550 e. The van der Waals surface area contributed by atoms with Crippen LogP contribution in [0.5, 0.6) is 0 Å². The number of aliphatic carboxylic acids is 1. The highest BCUT2D eigenvalue weighted by molar-refractivity contribution is 6.32. The standard InChI is InChI=1S/C13H17ClO2/c1-13(2,3)10-6-4-5-9(12(10)14)7-8-11(15)16/h4-6H,7-8H2,1-3H3,(H,15,16)/p-1. The minimum absolute atomic E-state index is 0.00726. The second-order valence-corrected chi connectivity index (χ2v) is 5.28. The third kappa shape index (κ3) is 3.24. The Morgan fingerprint density at radius 2 is 2.00 bits per heavy atom. The van der Waals surface area contributed by atoms with Crippen molar-refractivity contribution < 1.29 is 9.90 Å². The van der Waals surface area contributed by atoms with Crippen LogP contribution in [0.25, 0.3) is 0 Å². The molecule has 0 radical (unpaired) electrons. The summed E-state index contributed by atoms with van der Waals surface area (Å²) in [5.41, 5.74) is 1.89. The molecule has 0 fully saturated rings. The van der Waals surface area contributed by atoms with E-state index < -0.39 is 5.97 Å². The summed E-state index contributed by atoms with van der Waals surface area (Å²) < 4.78 is 0. The SMILES string of the molecule is CC(C)(C)c1cccc(CCC(=O)[O-])c1Cl. The molecule has 0 aliphatic carbocycles. The fraction of sp³-hybridized carbons (Fsp3) is 0.462. The lowest BCUT2D eigenvalue weighted by Gasteiger charge is -2.22. The number of rotatable bonds is 3. The van der Waals surface area contributed by atoms with Crippen LogP contribution in [0.2, 0.25) is 5.02 Å². The van der Waals surface area contributed by atoms with Crippen LogP contribution in [0, 0.1) is 0 Å². The van der Waals surface area contributed by atoms with Crippen molar-refractivity contribution in [1.82, 2.24) is 0 Å². The first kappa shape index (κ1) is 13.0. The maximum absolute atomic E-state index is 10.4. The van der Waals surface area contributed by atoms with Crippen LogP contribution < -0.4 is 5.11 Å². The maximum atomic E-state index is 10.4. The fourth-order valence-corrected chi connectivity index (χ4v) is 2.09. The van der Waals surface area contributed by atoms with Gasteiger partial charge in [0.25, 0.3) is 0 Å². The highest BCUT2D eigenvalue weighted by Crippen LogP contribution is 2.32. The third-order valence-electron chi connectivity index (χ3n) is 2.49. The Kier molecular flexibility index (Phi) is 3.98. The normalized spacial score (nSPS) is 11.5. The van der Waals surface area contributed by atoms with Gasteiger partial charge in [-0.3, -0.25) is 0 Å². The van der Waals surface area contributed by atoms with Crippen LogP contribution in [0.3, 0.4) is 0 Å². The van der Waals surface area contributed by atoms with Crippen molar-refractivity contribution in [3.05, 3.63) is 34.3 Å². The van der Waals surface area contributed by atoms with Gasteiger partial charge < -0.3 is 9.90 Å². The van der Waals surface area contributed by atoms with E-state index in [1.165, 1.54) is 0 Å². The third-order valence-corrected chi connectivity index (χ3v) is 2.93. The summed E-state index contributed by atoms with van der Waals surface area (Å²) in [6.45, 7) is 6.24. The molecule has 3 heteroatoms. The lowest BCUT2D eigenvalue weighted by Crippen LogP contribution is -2.22. The van der Waals surface area contributed by atoms with E-state index >= 15 is 0 Å². The van der Waals surface area contributed by atoms with Gasteiger partial charge in [-0.25, -0.2) is 0 Å². The molecule has 16 heavy (non-hydrogen) atoms. The average Bonchev–Trinajstić information content (AvgIpc) is 2.14. The molecule has 1 aromatic rings. The topological polar surface area (TPSA) is 40.1 Å². The predicted molar refractivity (Wildman–Crippen MR) is 63.5 cm³/mol. The predicted octanol–water partition coefficient (Wildman–Crippen LogP) is 2.32. The first-order valence-corrected chi connectivity index (χ1v) is 5.68. The van der Waals surface area contributed by atoms with Crippen molar-refractivity contribution in [2.45, 2.75) is 39.0 Å². The summed E-state index contributed by atoms with van der Waals surface area (Å²) in [5.74, 6) is -1.04. The van der Waals surface area contributed by atoms with Gasteiger partial charge in [0.2, 0.25) is 0 Å². The van der Waals surface area contributed by atoms with Gasteiger partial charge in [-0.05, 0) is 29.4 Å². The summed E-state index contributed by atoms with van der Waals surface area (Å²) in [6, 6.07) is 5.75. The molecule has 0 aliphatic heterocycles. The summed E-state index contributed by atoms with van der Waals surface area (Å²) in [6.07, 6.45) is 0.429. The number of carbonyl (C=O) groups is 1. The molecule has 0 atom stereocenters. The molecule has 88 valence electrons. The zero-order valence-corrected chi connectivity index (χ0v) is 10.6. The zero-order valence-electron chi connectivity index (χ0n) is 9.84. The van der Waals surface area contributed by atoms with Crippen LogP contribution in [0.4, 0.5) is 0 Å². The molecule has 2 nitrogen and oxygen atoms in total. The van der Waals surface area contributed by atoms with Crippen molar-refractivity contribution in [3.8, 4) is 0 Å². The molecular formula is C13H16ClO2-. The van der Waals surface area contributed by atoms with Gasteiger partial charge in [0.1, 0.15) is 0 Å². The van der Waals surface area contributed by atoms with E-state index in [9.17, 15) is 9.90 Å². The highest BCUT2D eigenvalue weighted by atomic mass is 35.5. The van der Waals surface area contributed by atoms with E-state index in [1.54, 1.807) is 0 Å². The summed E-state index contributed by atoms with van der Waals surface area (Å²) in [7, 11) is 0. The van der Waals surface area contributed by atoms with Crippen LogP contribution in [-0.2, 0) is 16.6 Å². The fourth-order valence-electron chi connectivity index (χ4n) is 1.59. The van der Waals surface area contributed by atoms with Crippen LogP contribution in [-0.4, -0.2) is 5.97 Å². The van der Waals surface area contributed by atoms with E-state index in [0.717, 1.165) is 11.1 Å². The molecule has 0 spiro atoms.